The number of carbonyl (C=O) groups excluding carboxylic acids is 1. The van der Waals surface area contributed by atoms with E-state index in [0.717, 1.165) is 45.4 Å². The second-order valence-corrected chi connectivity index (χ2v) is 7.98. The van der Waals surface area contributed by atoms with Crippen LogP contribution in [-0.2, 0) is 24.3 Å². The van der Waals surface area contributed by atoms with Crippen molar-refractivity contribution in [3.63, 3.8) is 0 Å². The van der Waals surface area contributed by atoms with E-state index in [0.29, 0.717) is 5.91 Å². The molecule has 2 aromatic carbocycles. The smallest absolute Gasteiger partial charge is 0.231 e. The lowest BCUT2D eigenvalue weighted by molar-refractivity contribution is -0.921. The summed E-state index contributed by atoms with van der Waals surface area (Å²) in [7, 11) is 0. The summed E-state index contributed by atoms with van der Waals surface area (Å²) in [5.41, 5.74) is 5.42. The second-order valence-electron chi connectivity index (χ2n) is 7.98. The van der Waals surface area contributed by atoms with E-state index >= 15 is 0 Å². The van der Waals surface area contributed by atoms with Gasteiger partial charge in [-0.25, -0.2) is 0 Å². The van der Waals surface area contributed by atoms with E-state index < -0.39 is 0 Å². The molecule has 3 heteroatoms. The van der Waals surface area contributed by atoms with Crippen LogP contribution >= 0.6 is 0 Å². The van der Waals surface area contributed by atoms with Gasteiger partial charge in [0.05, 0.1) is 19.0 Å². The number of benzene rings is 2. The Hall–Kier alpha value is -2.13. The third-order valence-corrected chi connectivity index (χ3v) is 5.98. The zero-order valence-electron chi connectivity index (χ0n) is 15.7. The van der Waals surface area contributed by atoms with E-state index in [1.165, 1.54) is 28.8 Å². The fourth-order valence-electron chi connectivity index (χ4n) is 4.46. The van der Waals surface area contributed by atoms with Crippen LogP contribution < -0.4 is 4.90 Å². The molecule has 1 fully saturated rings. The van der Waals surface area contributed by atoms with Crippen molar-refractivity contribution in [3.05, 3.63) is 70.8 Å². The molecule has 0 saturated carbocycles. The van der Waals surface area contributed by atoms with Crippen LogP contribution in [0.3, 0.4) is 0 Å². The van der Waals surface area contributed by atoms with Gasteiger partial charge in [-0.3, -0.25) is 4.79 Å². The number of aryl methyl sites for hydroxylation is 1. The first-order valence-electron chi connectivity index (χ1n) is 9.94. The summed E-state index contributed by atoms with van der Waals surface area (Å²) in [6.07, 6.45) is 3.20. The molecule has 1 saturated heterocycles. The van der Waals surface area contributed by atoms with Gasteiger partial charge in [-0.2, -0.15) is 0 Å². The van der Waals surface area contributed by atoms with Crippen molar-refractivity contribution in [3.8, 4) is 0 Å². The number of fused-ring (bicyclic) bond motifs is 1. The molecule has 0 spiro atoms. The van der Waals surface area contributed by atoms with Crippen LogP contribution in [0.4, 0.5) is 0 Å². The number of nitrogens with zero attached hydrogens (tertiary/aromatic N) is 1. The molecule has 1 N–H and O–H groups in total. The average molecular weight is 349 g/mol. The van der Waals surface area contributed by atoms with Crippen LogP contribution in [0, 0.1) is 12.8 Å². The standard InChI is InChI=1S/C23H28N2O/c1-18-8-10-19(11-9-18)15-24-13-4-7-22(16-24)23(26)25-14-12-20-5-2-3-6-21(20)17-25/h2-3,5-6,8-11,22H,4,7,12-17H2,1H3/p+1. The maximum absolute atomic E-state index is 13.1. The van der Waals surface area contributed by atoms with Crippen LogP contribution in [0.1, 0.15) is 35.1 Å². The summed E-state index contributed by atoms with van der Waals surface area (Å²) in [5.74, 6) is 0.565. The normalized spacial score (nSPS) is 22.7. The van der Waals surface area contributed by atoms with Gasteiger partial charge in [0.1, 0.15) is 6.54 Å². The lowest BCUT2D eigenvalue weighted by atomic mass is 9.93. The highest BCUT2D eigenvalue weighted by Gasteiger charge is 2.33. The van der Waals surface area contributed by atoms with Gasteiger partial charge in [0.15, 0.2) is 0 Å². The van der Waals surface area contributed by atoms with Crippen molar-refractivity contribution in [1.29, 1.82) is 0 Å². The van der Waals surface area contributed by atoms with Crippen LogP contribution in [0.5, 0.6) is 0 Å². The van der Waals surface area contributed by atoms with Crippen molar-refractivity contribution in [2.24, 2.45) is 5.92 Å². The largest absolute Gasteiger partial charge is 0.338 e. The monoisotopic (exact) mass is 349 g/mol. The van der Waals surface area contributed by atoms with Gasteiger partial charge in [-0.15, -0.1) is 0 Å². The number of hydrogen-bond acceptors (Lipinski definition) is 1. The molecule has 4 rings (SSSR count). The van der Waals surface area contributed by atoms with Crippen molar-refractivity contribution in [1.82, 2.24) is 4.90 Å². The number of carbonyl (C=O) groups is 1. The van der Waals surface area contributed by atoms with Crippen molar-refractivity contribution >= 4 is 5.91 Å². The molecule has 0 radical (unpaired) electrons. The summed E-state index contributed by atoms with van der Waals surface area (Å²) < 4.78 is 0. The fraction of sp³-hybridized carbons (Fsp3) is 0.435. The summed E-state index contributed by atoms with van der Waals surface area (Å²) in [4.78, 5) is 16.8. The molecule has 2 aliphatic rings. The third-order valence-electron chi connectivity index (χ3n) is 5.98. The van der Waals surface area contributed by atoms with Gasteiger partial charge in [0.25, 0.3) is 0 Å². The molecule has 136 valence electrons. The Morgan fingerprint density at radius 3 is 2.69 bits per heavy atom. The fourth-order valence-corrected chi connectivity index (χ4v) is 4.46. The van der Waals surface area contributed by atoms with Gasteiger partial charge in [-0.05, 0) is 37.3 Å². The van der Waals surface area contributed by atoms with Crippen molar-refractivity contribution in [2.45, 2.75) is 39.3 Å². The summed E-state index contributed by atoms with van der Waals surface area (Å²) in [6.45, 7) is 6.99. The van der Waals surface area contributed by atoms with Crippen molar-refractivity contribution < 1.29 is 9.69 Å². The van der Waals surface area contributed by atoms with E-state index in [2.05, 4.69) is 60.4 Å². The average Bonchev–Trinajstić information content (AvgIpc) is 2.69. The molecule has 3 nitrogen and oxygen atoms in total. The Labute approximate surface area is 156 Å². The minimum Gasteiger partial charge on any atom is -0.338 e. The maximum atomic E-state index is 13.1. The molecular formula is C23H29N2O+. The molecule has 26 heavy (non-hydrogen) atoms. The van der Waals surface area contributed by atoms with Gasteiger partial charge < -0.3 is 9.80 Å². The number of nitrogens with one attached hydrogen (secondary N) is 1. The van der Waals surface area contributed by atoms with Crippen LogP contribution in [-0.4, -0.2) is 30.4 Å². The number of likely N-dealkylation sites (tertiary alicyclic amines) is 1. The maximum Gasteiger partial charge on any atom is 0.231 e. The minimum absolute atomic E-state index is 0.189. The molecule has 0 aliphatic carbocycles. The molecule has 2 heterocycles. The number of piperidine rings is 1. The van der Waals surface area contributed by atoms with E-state index in [-0.39, 0.29) is 5.92 Å². The quantitative estimate of drug-likeness (QED) is 0.904. The zero-order valence-corrected chi connectivity index (χ0v) is 15.7. The SMILES string of the molecule is Cc1ccc(C[NH+]2CCCC(C(=O)N3CCc4ccccc4C3)C2)cc1. The molecule has 0 aromatic heterocycles. The van der Waals surface area contributed by atoms with E-state index in [9.17, 15) is 4.79 Å². The first-order valence-corrected chi connectivity index (χ1v) is 9.94. The predicted octanol–water partition coefficient (Wildman–Crippen LogP) is 2.37. The Morgan fingerprint density at radius 1 is 1.12 bits per heavy atom. The third kappa shape index (κ3) is 3.83. The topological polar surface area (TPSA) is 24.8 Å². The Bertz CT molecular complexity index is 768. The number of hydrogen-bond donors (Lipinski definition) is 1. The molecule has 2 aliphatic heterocycles. The Balaban J connectivity index is 1.38. The van der Waals surface area contributed by atoms with Gasteiger partial charge in [-0.1, -0.05) is 54.1 Å². The van der Waals surface area contributed by atoms with Gasteiger partial charge in [0.2, 0.25) is 5.91 Å². The summed E-state index contributed by atoms with van der Waals surface area (Å²) in [5, 5.41) is 0. The molecule has 0 bridgehead atoms. The van der Waals surface area contributed by atoms with Crippen molar-refractivity contribution in [2.75, 3.05) is 19.6 Å². The van der Waals surface area contributed by atoms with Gasteiger partial charge in [0, 0.05) is 18.7 Å². The van der Waals surface area contributed by atoms with E-state index in [1.54, 1.807) is 4.90 Å². The zero-order chi connectivity index (χ0) is 17.9. The predicted molar refractivity (Wildman–Crippen MR) is 104 cm³/mol. The highest BCUT2D eigenvalue weighted by molar-refractivity contribution is 5.79. The van der Waals surface area contributed by atoms with Crippen LogP contribution in [0.2, 0.25) is 0 Å². The Morgan fingerprint density at radius 2 is 1.88 bits per heavy atom. The molecule has 2 atom stereocenters. The lowest BCUT2D eigenvalue weighted by Crippen LogP contribution is -3.12. The molecule has 1 amide bonds. The number of amides is 1. The summed E-state index contributed by atoms with van der Waals surface area (Å²) in [6, 6.07) is 17.4. The molecular weight excluding hydrogens is 320 g/mol. The van der Waals surface area contributed by atoms with Crippen LogP contribution in [0.15, 0.2) is 48.5 Å². The minimum atomic E-state index is 0.189. The highest BCUT2D eigenvalue weighted by Crippen LogP contribution is 2.21. The van der Waals surface area contributed by atoms with E-state index in [4.69, 9.17) is 0 Å². The molecule has 2 aromatic rings. The van der Waals surface area contributed by atoms with E-state index in [1.807, 2.05) is 0 Å². The number of quaternary nitrogens is 1. The Kier molecular flexibility index (Phi) is 5.07. The van der Waals surface area contributed by atoms with Gasteiger partial charge >= 0.3 is 0 Å². The first-order chi connectivity index (χ1) is 12.7. The first kappa shape index (κ1) is 17.3. The summed E-state index contributed by atoms with van der Waals surface area (Å²) >= 11 is 0. The lowest BCUT2D eigenvalue weighted by Gasteiger charge is -2.35. The molecule has 2 unspecified atom stereocenters. The second kappa shape index (κ2) is 7.63. The number of rotatable bonds is 3. The highest BCUT2D eigenvalue weighted by atomic mass is 16.2. The van der Waals surface area contributed by atoms with Crippen LogP contribution in [0.25, 0.3) is 0 Å².